The number of carbonyl (C=O) groups excluding carboxylic acids is 2. The van der Waals surface area contributed by atoms with Gasteiger partial charge in [-0.05, 0) is 18.4 Å². The van der Waals surface area contributed by atoms with E-state index in [0.717, 1.165) is 12.0 Å². The van der Waals surface area contributed by atoms with Gasteiger partial charge in [-0.1, -0.05) is 30.3 Å². The predicted molar refractivity (Wildman–Crippen MR) is 79.4 cm³/mol. The van der Waals surface area contributed by atoms with Crippen LogP contribution in [-0.4, -0.2) is 41.7 Å². The second kappa shape index (κ2) is 8.28. The number of hydrogen-bond donors (Lipinski definition) is 2. The summed E-state index contributed by atoms with van der Waals surface area (Å²) in [7, 11) is 0. The quantitative estimate of drug-likeness (QED) is 0.723. The molecule has 0 spiro atoms. The molecular weight excluding hydrogens is 302 g/mol. The monoisotopic (exact) mass is 321 g/mol. The van der Waals surface area contributed by atoms with Crippen molar-refractivity contribution < 1.29 is 29.0 Å². The molecular formula is C16H19NO6. The lowest BCUT2D eigenvalue weighted by molar-refractivity contribution is -0.151. The highest BCUT2D eigenvalue weighted by Crippen LogP contribution is 2.12. The van der Waals surface area contributed by atoms with Crippen LogP contribution in [-0.2, 0) is 30.5 Å². The number of hydrogen-bond acceptors (Lipinski definition) is 5. The number of ether oxygens (including phenoxy) is 2. The Morgan fingerprint density at radius 2 is 2.04 bits per heavy atom. The molecule has 2 rings (SSSR count). The van der Waals surface area contributed by atoms with Crippen LogP contribution >= 0.6 is 0 Å². The predicted octanol–water partition coefficient (Wildman–Crippen LogP) is 0.868. The number of carboxylic acids is 1. The van der Waals surface area contributed by atoms with Gasteiger partial charge in [-0.3, -0.25) is 9.59 Å². The molecule has 2 N–H and O–H groups in total. The third kappa shape index (κ3) is 5.37. The number of benzene rings is 1. The molecule has 0 unspecified atom stereocenters. The van der Waals surface area contributed by atoms with Crippen LogP contribution < -0.4 is 5.32 Å². The van der Waals surface area contributed by atoms with Gasteiger partial charge in [0.2, 0.25) is 5.91 Å². The molecule has 0 saturated carbocycles. The Morgan fingerprint density at radius 3 is 2.65 bits per heavy atom. The Bertz CT molecular complexity index is 553. The summed E-state index contributed by atoms with van der Waals surface area (Å²) in [6.07, 6.45) is 0.240. The van der Waals surface area contributed by atoms with Gasteiger partial charge in [0.1, 0.15) is 18.8 Å². The molecule has 1 fully saturated rings. The third-order valence-corrected chi connectivity index (χ3v) is 3.45. The molecule has 7 heteroatoms. The molecule has 1 aromatic carbocycles. The Labute approximate surface area is 133 Å². The average molecular weight is 321 g/mol. The molecule has 1 aromatic rings. The van der Waals surface area contributed by atoms with Crippen molar-refractivity contribution in [3.8, 4) is 0 Å². The highest BCUT2D eigenvalue weighted by atomic mass is 16.5. The number of amides is 1. The van der Waals surface area contributed by atoms with Crippen molar-refractivity contribution in [1.82, 2.24) is 5.32 Å². The van der Waals surface area contributed by atoms with Crippen molar-refractivity contribution >= 4 is 17.8 Å². The van der Waals surface area contributed by atoms with Crippen LogP contribution in [0.5, 0.6) is 0 Å². The summed E-state index contributed by atoms with van der Waals surface area (Å²) in [5.74, 6) is -2.48. The van der Waals surface area contributed by atoms with Crippen molar-refractivity contribution in [2.45, 2.75) is 38.0 Å². The van der Waals surface area contributed by atoms with Crippen molar-refractivity contribution in [1.29, 1.82) is 0 Å². The van der Waals surface area contributed by atoms with Crippen LogP contribution in [0.1, 0.15) is 24.8 Å². The largest absolute Gasteiger partial charge is 0.480 e. The molecule has 1 saturated heterocycles. The third-order valence-electron chi connectivity index (χ3n) is 3.45. The summed E-state index contributed by atoms with van der Waals surface area (Å²) >= 11 is 0. The fraction of sp³-hybridized carbons (Fsp3) is 0.438. The van der Waals surface area contributed by atoms with Gasteiger partial charge in [-0.2, -0.15) is 0 Å². The van der Waals surface area contributed by atoms with E-state index in [9.17, 15) is 14.4 Å². The normalized spacial score (nSPS) is 18.2. The van der Waals surface area contributed by atoms with Gasteiger partial charge < -0.3 is 19.9 Å². The molecule has 0 aliphatic carbocycles. The maximum atomic E-state index is 11.9. The fourth-order valence-corrected chi connectivity index (χ4v) is 2.21. The lowest BCUT2D eigenvalue weighted by atomic mass is 10.1. The van der Waals surface area contributed by atoms with Gasteiger partial charge in [0.05, 0.1) is 6.42 Å². The average Bonchev–Trinajstić information content (AvgIpc) is 3.07. The van der Waals surface area contributed by atoms with Crippen LogP contribution in [0.25, 0.3) is 0 Å². The second-order valence-electron chi connectivity index (χ2n) is 5.25. The first-order valence-electron chi connectivity index (χ1n) is 7.40. The minimum Gasteiger partial charge on any atom is -0.480 e. The van der Waals surface area contributed by atoms with Crippen LogP contribution in [0.3, 0.4) is 0 Å². The van der Waals surface area contributed by atoms with Crippen molar-refractivity contribution in [2.24, 2.45) is 0 Å². The van der Waals surface area contributed by atoms with Gasteiger partial charge >= 0.3 is 11.9 Å². The van der Waals surface area contributed by atoms with E-state index in [4.69, 9.17) is 14.6 Å². The highest BCUT2D eigenvalue weighted by Gasteiger charge is 2.29. The van der Waals surface area contributed by atoms with E-state index in [1.54, 1.807) is 12.1 Å². The maximum Gasteiger partial charge on any atom is 0.326 e. The number of carbonyl (C=O) groups is 3. The van der Waals surface area contributed by atoms with Crippen molar-refractivity contribution in [2.75, 3.05) is 6.61 Å². The van der Waals surface area contributed by atoms with Gasteiger partial charge in [0.15, 0.2) is 0 Å². The lowest BCUT2D eigenvalue weighted by Gasteiger charge is -2.16. The van der Waals surface area contributed by atoms with E-state index in [2.05, 4.69) is 5.32 Å². The van der Waals surface area contributed by atoms with Gasteiger partial charge in [-0.15, -0.1) is 0 Å². The Kier molecular flexibility index (Phi) is 6.10. The Morgan fingerprint density at radius 1 is 1.30 bits per heavy atom. The molecule has 2 atom stereocenters. The first-order chi connectivity index (χ1) is 11.1. The van der Waals surface area contributed by atoms with Crippen LogP contribution in [0.2, 0.25) is 0 Å². The summed E-state index contributed by atoms with van der Waals surface area (Å²) in [5.41, 5.74) is 0.802. The molecule has 0 aromatic heterocycles. The lowest BCUT2D eigenvalue weighted by Crippen LogP contribution is -2.46. The van der Waals surface area contributed by atoms with Gasteiger partial charge in [0.25, 0.3) is 0 Å². The van der Waals surface area contributed by atoms with E-state index in [1.807, 2.05) is 18.2 Å². The molecule has 0 radical (unpaired) electrons. The van der Waals surface area contributed by atoms with Gasteiger partial charge in [-0.25, -0.2) is 4.79 Å². The molecule has 1 amide bonds. The number of carboxylic acid groups (broad SMARTS) is 1. The zero-order valence-electron chi connectivity index (χ0n) is 12.6. The first kappa shape index (κ1) is 17.0. The van der Waals surface area contributed by atoms with Gasteiger partial charge in [0, 0.05) is 6.61 Å². The minimum absolute atomic E-state index is 0.0612. The minimum atomic E-state index is -1.32. The molecule has 124 valence electrons. The molecule has 7 nitrogen and oxygen atoms in total. The van der Waals surface area contributed by atoms with E-state index in [0.29, 0.717) is 13.0 Å². The number of nitrogens with one attached hydrogen (secondary N) is 1. The molecule has 1 aliphatic rings. The summed E-state index contributed by atoms with van der Waals surface area (Å²) < 4.78 is 10.2. The van der Waals surface area contributed by atoms with Crippen molar-refractivity contribution in [3.05, 3.63) is 35.9 Å². The molecule has 1 heterocycles. The summed E-state index contributed by atoms with van der Waals surface area (Å²) in [6.45, 7) is 0.542. The van der Waals surface area contributed by atoms with Crippen LogP contribution in [0.15, 0.2) is 30.3 Å². The molecule has 0 bridgehead atoms. The summed E-state index contributed by atoms with van der Waals surface area (Å²) in [6, 6.07) is 7.72. The zero-order valence-corrected chi connectivity index (χ0v) is 12.6. The van der Waals surface area contributed by atoms with Crippen LogP contribution in [0.4, 0.5) is 0 Å². The SMILES string of the molecule is O=C(C[C@H](NC(=O)[C@@H]1CCCO1)C(=O)O)OCc1ccccc1. The maximum absolute atomic E-state index is 11.9. The van der Waals surface area contributed by atoms with E-state index in [1.165, 1.54) is 0 Å². The standard InChI is InChI=1S/C16H19NO6/c18-14(23-10-11-5-2-1-3-6-11)9-12(16(20)21)17-15(19)13-7-4-8-22-13/h1-3,5-6,12-13H,4,7-10H2,(H,17,19)(H,20,21)/t12-,13-/m0/s1. The van der Waals surface area contributed by atoms with E-state index < -0.39 is 36.4 Å². The van der Waals surface area contributed by atoms with E-state index in [-0.39, 0.29) is 6.61 Å². The number of esters is 1. The summed E-state index contributed by atoms with van der Waals surface area (Å²) in [4.78, 5) is 34.8. The molecule has 23 heavy (non-hydrogen) atoms. The zero-order chi connectivity index (χ0) is 16.7. The summed E-state index contributed by atoms with van der Waals surface area (Å²) in [5, 5.41) is 11.5. The number of aliphatic carboxylic acids is 1. The Hall–Kier alpha value is -2.41. The second-order valence-corrected chi connectivity index (χ2v) is 5.25. The van der Waals surface area contributed by atoms with E-state index >= 15 is 0 Å². The number of rotatable bonds is 7. The fourth-order valence-electron chi connectivity index (χ4n) is 2.21. The smallest absolute Gasteiger partial charge is 0.326 e. The molecule has 1 aliphatic heterocycles. The highest BCUT2D eigenvalue weighted by molar-refractivity contribution is 5.89. The van der Waals surface area contributed by atoms with Crippen LogP contribution in [0, 0.1) is 0 Å². The topological polar surface area (TPSA) is 102 Å². The Balaban J connectivity index is 1.82. The van der Waals surface area contributed by atoms with Crippen molar-refractivity contribution in [3.63, 3.8) is 0 Å². The first-order valence-corrected chi connectivity index (χ1v) is 7.40.